The van der Waals surface area contributed by atoms with Gasteiger partial charge in [0.2, 0.25) is 6.29 Å². The number of anilines is 1. The third kappa shape index (κ3) is 5.19. The summed E-state index contributed by atoms with van der Waals surface area (Å²) in [5, 5.41) is 43.1. The molecule has 5 atom stereocenters. The maximum absolute atomic E-state index is 13.8. The molecular formula is C31H35N3O8. The molecule has 2 aliphatic rings. The van der Waals surface area contributed by atoms with Gasteiger partial charge in [0.1, 0.15) is 48.2 Å². The largest absolute Gasteiger partial charge is 0.492 e. The Bertz CT molecular complexity index is 1600. The lowest BCUT2D eigenvalue weighted by atomic mass is 9.99. The van der Waals surface area contributed by atoms with Crippen LogP contribution in [0.4, 0.5) is 5.69 Å². The Morgan fingerprint density at radius 1 is 1.05 bits per heavy atom. The first-order valence-corrected chi connectivity index (χ1v) is 14.0. The molecular weight excluding hydrogens is 542 g/mol. The number of likely N-dealkylation sites (N-methyl/N-ethyl adjacent to an activating group) is 1. The van der Waals surface area contributed by atoms with Crippen LogP contribution in [0.1, 0.15) is 16.1 Å². The summed E-state index contributed by atoms with van der Waals surface area (Å²) in [5.41, 5.74) is 2.92. The number of rotatable bonds is 8. The Hall–Kier alpha value is -3.71. The molecule has 6 rings (SSSR count). The lowest BCUT2D eigenvalue weighted by Gasteiger charge is -2.39. The van der Waals surface area contributed by atoms with E-state index in [1.807, 2.05) is 67.5 Å². The molecule has 0 radical (unpaired) electrons. The second kappa shape index (κ2) is 11.5. The number of ether oxygens (including phenoxy) is 3. The number of aliphatic hydroxyl groups excluding tert-OH is 4. The molecule has 3 aromatic carbocycles. The standard InChI is InChI=1S/C31H35N3O8/c1-33(2)11-12-40-18-7-8-22-17(13-18)14-23(32-22)30(39)34-10-9-20-19-5-3-4-6-21(19)25(15-24(20)34)41-31-29(38)28(37)27(36)26(16-35)42-31/h3-8,13-15,26-29,31-32,35-38H,9-12,16H2,1-2H3/t26?,27-,28-,29?,31+/m0/s1. The summed E-state index contributed by atoms with van der Waals surface area (Å²) in [6.07, 6.45) is -6.43. The molecule has 0 spiro atoms. The molecule has 11 nitrogen and oxygen atoms in total. The molecule has 11 heteroatoms. The van der Waals surface area contributed by atoms with E-state index in [4.69, 9.17) is 14.2 Å². The number of nitrogens with zero attached hydrogens (tertiary/aromatic N) is 2. The molecule has 2 unspecified atom stereocenters. The molecule has 0 bridgehead atoms. The molecule has 1 fully saturated rings. The van der Waals surface area contributed by atoms with Crippen molar-refractivity contribution in [1.82, 2.24) is 9.88 Å². The fourth-order valence-electron chi connectivity index (χ4n) is 5.64. The molecule has 0 aliphatic carbocycles. The van der Waals surface area contributed by atoms with Crippen molar-refractivity contribution in [1.29, 1.82) is 0 Å². The summed E-state index contributed by atoms with van der Waals surface area (Å²) in [7, 11) is 3.97. The summed E-state index contributed by atoms with van der Waals surface area (Å²) < 4.78 is 17.5. The predicted molar refractivity (Wildman–Crippen MR) is 156 cm³/mol. The van der Waals surface area contributed by atoms with E-state index < -0.39 is 37.3 Å². The highest BCUT2D eigenvalue weighted by molar-refractivity contribution is 6.11. The molecule has 1 saturated heterocycles. The summed E-state index contributed by atoms with van der Waals surface area (Å²) in [5.74, 6) is 0.869. The summed E-state index contributed by atoms with van der Waals surface area (Å²) >= 11 is 0. The minimum absolute atomic E-state index is 0.200. The lowest BCUT2D eigenvalue weighted by Crippen LogP contribution is -2.60. The van der Waals surface area contributed by atoms with Gasteiger partial charge < -0.3 is 49.4 Å². The number of hydrogen-bond donors (Lipinski definition) is 5. The van der Waals surface area contributed by atoms with Gasteiger partial charge in [-0.15, -0.1) is 0 Å². The molecule has 42 heavy (non-hydrogen) atoms. The third-order valence-corrected chi connectivity index (χ3v) is 7.94. The van der Waals surface area contributed by atoms with Crippen LogP contribution >= 0.6 is 0 Å². The molecule has 1 amide bonds. The molecule has 0 saturated carbocycles. The van der Waals surface area contributed by atoms with E-state index in [-0.39, 0.29) is 5.91 Å². The van der Waals surface area contributed by atoms with Crippen LogP contribution in [0.2, 0.25) is 0 Å². The number of H-pyrrole nitrogens is 1. The number of aromatic nitrogens is 1. The average Bonchev–Trinajstić information content (AvgIpc) is 3.61. The molecule has 2 aliphatic heterocycles. The van der Waals surface area contributed by atoms with E-state index >= 15 is 0 Å². The number of aliphatic hydroxyl groups is 4. The first kappa shape index (κ1) is 28.4. The zero-order chi connectivity index (χ0) is 29.5. The van der Waals surface area contributed by atoms with Crippen LogP contribution in [0.3, 0.4) is 0 Å². The Balaban J connectivity index is 1.30. The maximum atomic E-state index is 13.8. The molecule has 3 heterocycles. The van der Waals surface area contributed by atoms with Crippen molar-refractivity contribution in [3.05, 3.63) is 65.9 Å². The summed E-state index contributed by atoms with van der Waals surface area (Å²) in [4.78, 5) is 20.8. The van der Waals surface area contributed by atoms with E-state index in [1.165, 1.54) is 0 Å². The normalized spacial score (nSPS) is 24.0. The van der Waals surface area contributed by atoms with Gasteiger partial charge in [-0.25, -0.2) is 0 Å². The van der Waals surface area contributed by atoms with Crippen LogP contribution in [0.15, 0.2) is 54.6 Å². The van der Waals surface area contributed by atoms with E-state index in [9.17, 15) is 25.2 Å². The quantitative estimate of drug-likeness (QED) is 0.211. The van der Waals surface area contributed by atoms with Gasteiger partial charge in [-0.1, -0.05) is 24.3 Å². The van der Waals surface area contributed by atoms with Crippen molar-refractivity contribution in [3.63, 3.8) is 0 Å². The number of carbonyl (C=O) groups is 1. The number of hydrogen-bond acceptors (Lipinski definition) is 9. The predicted octanol–water partition coefficient (Wildman–Crippen LogP) is 1.64. The van der Waals surface area contributed by atoms with Crippen LogP contribution in [-0.4, -0.2) is 107 Å². The summed E-state index contributed by atoms with van der Waals surface area (Å²) in [6, 6.07) is 16.8. The van der Waals surface area contributed by atoms with Crippen molar-refractivity contribution in [3.8, 4) is 11.5 Å². The van der Waals surface area contributed by atoms with Gasteiger partial charge in [0.15, 0.2) is 0 Å². The zero-order valence-corrected chi connectivity index (χ0v) is 23.4. The summed E-state index contributed by atoms with van der Waals surface area (Å²) in [6.45, 7) is 1.25. The second-order valence-electron chi connectivity index (χ2n) is 11.0. The monoisotopic (exact) mass is 577 g/mol. The van der Waals surface area contributed by atoms with Crippen LogP contribution in [0.25, 0.3) is 21.7 Å². The zero-order valence-electron chi connectivity index (χ0n) is 23.4. The van der Waals surface area contributed by atoms with E-state index in [0.717, 1.165) is 39.5 Å². The Labute approximate surface area is 242 Å². The molecule has 4 aromatic rings. The van der Waals surface area contributed by atoms with Crippen molar-refractivity contribution in [2.45, 2.75) is 37.1 Å². The van der Waals surface area contributed by atoms with Crippen LogP contribution in [0.5, 0.6) is 11.5 Å². The number of aromatic amines is 1. The SMILES string of the molecule is CN(C)CCOc1ccc2[nH]c(C(=O)N3CCc4c3cc(O[C@@H]3OC(CO)[C@H](O)[C@H](O)C3O)c3ccccc43)cc2c1. The number of fused-ring (bicyclic) bond motifs is 4. The van der Waals surface area contributed by atoms with Gasteiger partial charge in [-0.05, 0) is 55.7 Å². The van der Waals surface area contributed by atoms with Crippen molar-refractivity contribution in [2.24, 2.45) is 0 Å². The lowest BCUT2D eigenvalue weighted by molar-refractivity contribution is -0.277. The number of benzene rings is 3. The highest BCUT2D eigenvalue weighted by Gasteiger charge is 2.45. The minimum atomic E-state index is -1.57. The Kier molecular flexibility index (Phi) is 7.79. The molecule has 222 valence electrons. The van der Waals surface area contributed by atoms with E-state index in [0.29, 0.717) is 36.7 Å². The van der Waals surface area contributed by atoms with Crippen LogP contribution in [-0.2, 0) is 11.2 Å². The highest BCUT2D eigenvalue weighted by atomic mass is 16.7. The van der Waals surface area contributed by atoms with Crippen molar-refractivity contribution in [2.75, 3.05) is 45.3 Å². The highest BCUT2D eigenvalue weighted by Crippen LogP contribution is 2.41. The van der Waals surface area contributed by atoms with E-state index in [2.05, 4.69) is 4.98 Å². The van der Waals surface area contributed by atoms with Gasteiger partial charge in [-0.3, -0.25) is 4.79 Å². The van der Waals surface area contributed by atoms with E-state index in [1.54, 1.807) is 11.0 Å². The average molecular weight is 578 g/mol. The maximum Gasteiger partial charge on any atom is 0.274 e. The number of nitrogens with one attached hydrogen (secondary N) is 1. The van der Waals surface area contributed by atoms with Crippen LogP contribution in [0, 0.1) is 0 Å². The van der Waals surface area contributed by atoms with Gasteiger partial charge >= 0.3 is 0 Å². The van der Waals surface area contributed by atoms with Gasteiger partial charge in [0, 0.05) is 35.4 Å². The minimum Gasteiger partial charge on any atom is -0.492 e. The van der Waals surface area contributed by atoms with Crippen molar-refractivity contribution >= 4 is 33.3 Å². The first-order valence-electron chi connectivity index (χ1n) is 14.0. The topological polar surface area (TPSA) is 148 Å². The van der Waals surface area contributed by atoms with Crippen molar-refractivity contribution < 1.29 is 39.4 Å². The molecule has 5 N–H and O–H groups in total. The number of carbonyl (C=O) groups excluding carboxylic acids is 1. The third-order valence-electron chi connectivity index (χ3n) is 7.94. The Morgan fingerprint density at radius 2 is 1.83 bits per heavy atom. The van der Waals surface area contributed by atoms with Gasteiger partial charge in [0.25, 0.3) is 5.91 Å². The second-order valence-corrected chi connectivity index (χ2v) is 11.0. The molecule has 1 aromatic heterocycles. The van der Waals surface area contributed by atoms with Gasteiger partial charge in [-0.2, -0.15) is 0 Å². The number of amides is 1. The fraction of sp³-hybridized carbons (Fsp3) is 0.387. The van der Waals surface area contributed by atoms with Gasteiger partial charge in [0.05, 0.1) is 12.3 Å². The fourth-order valence-corrected chi connectivity index (χ4v) is 5.64. The smallest absolute Gasteiger partial charge is 0.274 e. The first-order chi connectivity index (χ1) is 20.2. The Morgan fingerprint density at radius 3 is 2.60 bits per heavy atom. The van der Waals surface area contributed by atoms with Crippen LogP contribution < -0.4 is 14.4 Å².